The Morgan fingerprint density at radius 3 is 2.92 bits per heavy atom. The molecule has 0 fully saturated rings. The Hall–Kier alpha value is -1.42. The number of benzene rings is 1. The number of aromatic hydroxyl groups is 1. The molecule has 0 amide bonds. The molecule has 4 heteroatoms. The van der Waals surface area contributed by atoms with Gasteiger partial charge in [0.05, 0.1) is 0 Å². The van der Waals surface area contributed by atoms with Crippen LogP contribution in [0.1, 0.15) is 9.67 Å². The fraction of sp³-hybridized carbons (Fsp3) is 0. The van der Waals surface area contributed by atoms with Gasteiger partial charge in [-0.15, -0.1) is 11.3 Å². The van der Waals surface area contributed by atoms with Crippen molar-refractivity contribution in [1.29, 1.82) is 0 Å². The largest absolute Gasteiger partial charge is 0.506 e. The van der Waals surface area contributed by atoms with Crippen molar-refractivity contribution >= 4 is 27.7 Å². The molecular weight excluding hydrogens is 191 g/mol. The van der Waals surface area contributed by atoms with Crippen LogP contribution in [0.25, 0.3) is 10.1 Å². The molecule has 0 aliphatic heterocycles. The number of fused-ring (bicyclic) bond motifs is 1. The molecule has 13 heavy (non-hydrogen) atoms. The minimum atomic E-state index is -0.369. The first-order chi connectivity index (χ1) is 6.22. The highest BCUT2D eigenvalue weighted by atomic mass is 32.1. The Bertz CT molecular complexity index is 476. The summed E-state index contributed by atoms with van der Waals surface area (Å²) in [6, 6.07) is 4.01. The van der Waals surface area contributed by atoms with Crippen molar-refractivity contribution in [2.75, 3.05) is 0 Å². The van der Waals surface area contributed by atoms with Crippen molar-refractivity contribution in [3.05, 3.63) is 28.9 Å². The van der Waals surface area contributed by atoms with Gasteiger partial charge in [-0.1, -0.05) is 0 Å². The molecule has 0 unspecified atom stereocenters. The molecule has 2 rings (SSSR count). The lowest BCUT2D eigenvalue weighted by molar-refractivity contribution is 0.112. The van der Waals surface area contributed by atoms with Gasteiger partial charge < -0.3 is 5.11 Å². The first-order valence-corrected chi connectivity index (χ1v) is 4.40. The lowest BCUT2D eigenvalue weighted by Gasteiger charge is -1.89. The molecule has 0 aliphatic rings. The van der Waals surface area contributed by atoms with Gasteiger partial charge >= 0.3 is 0 Å². The van der Waals surface area contributed by atoms with E-state index in [2.05, 4.69) is 0 Å². The topological polar surface area (TPSA) is 37.3 Å². The molecule has 0 atom stereocenters. The second kappa shape index (κ2) is 2.81. The lowest BCUT2D eigenvalue weighted by atomic mass is 10.2. The van der Waals surface area contributed by atoms with E-state index in [-0.39, 0.29) is 16.4 Å². The van der Waals surface area contributed by atoms with Crippen molar-refractivity contribution in [1.82, 2.24) is 0 Å². The standard InChI is InChI=1S/C9H5FO2S/c10-5-1-2-6-7(3-5)13-8(4-11)9(6)12/h1-4,12H. The van der Waals surface area contributed by atoms with Crippen molar-refractivity contribution in [2.24, 2.45) is 0 Å². The molecule has 1 aromatic carbocycles. The zero-order valence-corrected chi connectivity index (χ0v) is 7.27. The number of carbonyl (C=O) groups is 1. The second-order valence-corrected chi connectivity index (χ2v) is 3.66. The van der Waals surface area contributed by atoms with Crippen LogP contribution >= 0.6 is 11.3 Å². The minimum Gasteiger partial charge on any atom is -0.506 e. The zero-order chi connectivity index (χ0) is 9.42. The Labute approximate surface area is 77.2 Å². The highest BCUT2D eigenvalue weighted by molar-refractivity contribution is 7.21. The van der Waals surface area contributed by atoms with Gasteiger partial charge in [0.25, 0.3) is 0 Å². The van der Waals surface area contributed by atoms with E-state index in [1.165, 1.54) is 18.2 Å². The van der Waals surface area contributed by atoms with E-state index in [0.717, 1.165) is 11.3 Å². The normalized spacial score (nSPS) is 10.5. The molecule has 0 saturated heterocycles. The summed E-state index contributed by atoms with van der Waals surface area (Å²) in [5, 5.41) is 9.96. The summed E-state index contributed by atoms with van der Waals surface area (Å²) in [5.41, 5.74) is 0. The van der Waals surface area contributed by atoms with E-state index in [0.29, 0.717) is 16.4 Å². The third kappa shape index (κ3) is 1.19. The summed E-state index contributed by atoms with van der Waals surface area (Å²) in [5.74, 6) is -0.429. The summed E-state index contributed by atoms with van der Waals surface area (Å²) in [6.07, 6.45) is 0.567. The lowest BCUT2D eigenvalue weighted by Crippen LogP contribution is -1.71. The highest BCUT2D eigenvalue weighted by Gasteiger charge is 2.10. The van der Waals surface area contributed by atoms with Crippen LogP contribution in [-0.4, -0.2) is 11.4 Å². The van der Waals surface area contributed by atoms with E-state index < -0.39 is 0 Å². The van der Waals surface area contributed by atoms with Gasteiger partial charge in [0.2, 0.25) is 0 Å². The number of halogens is 1. The summed E-state index contributed by atoms with van der Waals surface area (Å²) in [4.78, 5) is 10.7. The molecule has 1 aromatic heterocycles. The van der Waals surface area contributed by atoms with Gasteiger partial charge in [-0.2, -0.15) is 0 Å². The van der Waals surface area contributed by atoms with Gasteiger partial charge in [-0.25, -0.2) is 4.39 Å². The highest BCUT2D eigenvalue weighted by Crippen LogP contribution is 2.35. The SMILES string of the molecule is O=Cc1sc2cc(F)ccc2c1O. The molecule has 66 valence electrons. The van der Waals surface area contributed by atoms with Crippen LogP contribution in [0, 0.1) is 5.82 Å². The maximum absolute atomic E-state index is 12.7. The number of hydrogen-bond donors (Lipinski definition) is 1. The number of carbonyl (C=O) groups excluding carboxylic acids is 1. The van der Waals surface area contributed by atoms with Crippen molar-refractivity contribution in [2.45, 2.75) is 0 Å². The third-order valence-electron chi connectivity index (χ3n) is 1.76. The Kier molecular flexibility index (Phi) is 1.77. The maximum Gasteiger partial charge on any atom is 0.163 e. The first kappa shape index (κ1) is 8.19. The molecule has 0 saturated carbocycles. The predicted molar refractivity (Wildman–Crippen MR) is 48.8 cm³/mol. The minimum absolute atomic E-state index is 0.0602. The molecule has 0 bridgehead atoms. The summed E-state index contributed by atoms with van der Waals surface area (Å²) >= 11 is 1.08. The number of aldehydes is 1. The Morgan fingerprint density at radius 2 is 2.23 bits per heavy atom. The van der Waals surface area contributed by atoms with Gasteiger partial charge in [0.15, 0.2) is 6.29 Å². The summed E-state index contributed by atoms with van der Waals surface area (Å²) in [6.45, 7) is 0. The number of thiophene rings is 1. The predicted octanol–water partition coefficient (Wildman–Crippen LogP) is 2.56. The van der Waals surface area contributed by atoms with Crippen LogP contribution in [0.5, 0.6) is 5.75 Å². The van der Waals surface area contributed by atoms with Crippen LogP contribution in [0.4, 0.5) is 4.39 Å². The summed E-state index contributed by atoms with van der Waals surface area (Å²) < 4.78 is 13.3. The van der Waals surface area contributed by atoms with Crippen LogP contribution in [0.15, 0.2) is 18.2 Å². The number of hydrogen-bond acceptors (Lipinski definition) is 3. The monoisotopic (exact) mass is 196 g/mol. The second-order valence-electron chi connectivity index (χ2n) is 2.57. The molecule has 1 N–H and O–H groups in total. The third-order valence-corrected chi connectivity index (χ3v) is 2.83. The molecule has 0 spiro atoms. The molecule has 0 radical (unpaired) electrons. The molecule has 0 aliphatic carbocycles. The van der Waals surface area contributed by atoms with Crippen LogP contribution in [0.2, 0.25) is 0 Å². The van der Waals surface area contributed by atoms with Crippen molar-refractivity contribution < 1.29 is 14.3 Å². The van der Waals surface area contributed by atoms with E-state index in [9.17, 15) is 14.3 Å². The van der Waals surface area contributed by atoms with Gasteiger partial charge in [-0.05, 0) is 18.2 Å². The first-order valence-electron chi connectivity index (χ1n) is 3.58. The average Bonchev–Trinajstić information content (AvgIpc) is 2.42. The zero-order valence-electron chi connectivity index (χ0n) is 6.45. The van der Waals surface area contributed by atoms with E-state index >= 15 is 0 Å². The average molecular weight is 196 g/mol. The molecule has 2 nitrogen and oxygen atoms in total. The maximum atomic E-state index is 12.7. The Balaban J connectivity index is 2.83. The number of rotatable bonds is 1. The van der Waals surface area contributed by atoms with Gasteiger partial charge in [0, 0.05) is 10.1 Å². The van der Waals surface area contributed by atoms with Gasteiger partial charge in [-0.3, -0.25) is 4.79 Å². The molecule has 2 aromatic rings. The smallest absolute Gasteiger partial charge is 0.163 e. The van der Waals surface area contributed by atoms with Gasteiger partial charge in [0.1, 0.15) is 16.4 Å². The fourth-order valence-corrected chi connectivity index (χ4v) is 2.09. The Morgan fingerprint density at radius 1 is 1.46 bits per heavy atom. The van der Waals surface area contributed by atoms with Crippen LogP contribution in [0.3, 0.4) is 0 Å². The quantitative estimate of drug-likeness (QED) is 0.711. The molecule has 1 heterocycles. The van der Waals surface area contributed by atoms with Crippen LogP contribution < -0.4 is 0 Å². The van der Waals surface area contributed by atoms with Crippen molar-refractivity contribution in [3.8, 4) is 5.75 Å². The van der Waals surface area contributed by atoms with Crippen molar-refractivity contribution in [3.63, 3.8) is 0 Å². The van der Waals surface area contributed by atoms with E-state index in [1.54, 1.807) is 0 Å². The molecular formula is C9H5FO2S. The fourth-order valence-electron chi connectivity index (χ4n) is 1.16. The summed E-state index contributed by atoms with van der Waals surface area (Å²) in [7, 11) is 0. The van der Waals surface area contributed by atoms with Crippen LogP contribution in [-0.2, 0) is 0 Å². The van der Waals surface area contributed by atoms with E-state index in [1.807, 2.05) is 0 Å². The van der Waals surface area contributed by atoms with E-state index in [4.69, 9.17) is 0 Å².